The number of nitrogens with one attached hydrogen (secondary N) is 2. The number of anilines is 3. The average molecular weight is 520 g/mol. The second kappa shape index (κ2) is 10.1. The molecule has 0 radical (unpaired) electrons. The number of H-pyrrole nitrogens is 1. The van der Waals surface area contributed by atoms with E-state index in [-0.39, 0.29) is 35.4 Å². The molecule has 2 fully saturated rings. The molecule has 0 amide bonds. The minimum absolute atomic E-state index is 0.0300. The van der Waals surface area contributed by atoms with E-state index >= 15 is 4.39 Å². The molecule has 3 aliphatic rings. The van der Waals surface area contributed by atoms with Gasteiger partial charge in [0.2, 0.25) is 16.0 Å². The van der Waals surface area contributed by atoms with Crippen LogP contribution in [-0.4, -0.2) is 77.0 Å². The van der Waals surface area contributed by atoms with Crippen LogP contribution in [0.3, 0.4) is 0 Å². The largest absolute Gasteiger partial charge is 0.377 e. The van der Waals surface area contributed by atoms with Crippen LogP contribution in [0.25, 0.3) is 5.57 Å². The van der Waals surface area contributed by atoms with Crippen LogP contribution in [0.2, 0.25) is 0 Å². The monoisotopic (exact) mass is 519 g/mol. The summed E-state index contributed by atoms with van der Waals surface area (Å²) in [6.45, 7) is 4.50. The molecule has 2 saturated heterocycles. The molecule has 2 aromatic rings. The smallest absolute Gasteiger partial charge is 0.228 e. The number of hydrogen-bond donors (Lipinski definition) is 2. The lowest BCUT2D eigenvalue weighted by Gasteiger charge is -2.49. The lowest BCUT2D eigenvalue weighted by Crippen LogP contribution is -2.58. The number of piperidine rings is 2. The Morgan fingerprint density at radius 3 is 2.64 bits per heavy atom. The molecule has 2 aromatic heterocycles. The third-order valence-corrected chi connectivity index (χ3v) is 9.46. The van der Waals surface area contributed by atoms with Crippen molar-refractivity contribution in [3.63, 3.8) is 0 Å². The summed E-state index contributed by atoms with van der Waals surface area (Å²) in [5, 5.41) is 10.0. The van der Waals surface area contributed by atoms with E-state index < -0.39 is 15.8 Å². The van der Waals surface area contributed by atoms with Crippen LogP contribution in [0.1, 0.15) is 56.8 Å². The van der Waals surface area contributed by atoms with Gasteiger partial charge in [-0.2, -0.15) is 14.4 Å². The van der Waals surface area contributed by atoms with Gasteiger partial charge in [0.15, 0.2) is 17.5 Å². The molecule has 10 nitrogen and oxygen atoms in total. The molecular formula is C24H34FN7O3S. The molecule has 5 heterocycles. The number of aromatic nitrogens is 4. The van der Waals surface area contributed by atoms with Crippen LogP contribution < -0.4 is 10.2 Å². The Hall–Kier alpha value is -2.57. The zero-order valence-corrected chi connectivity index (χ0v) is 21.8. The van der Waals surface area contributed by atoms with Crippen LogP contribution in [0.5, 0.6) is 0 Å². The quantitative estimate of drug-likeness (QED) is 0.572. The van der Waals surface area contributed by atoms with Gasteiger partial charge in [-0.25, -0.2) is 17.8 Å². The van der Waals surface area contributed by atoms with Gasteiger partial charge >= 0.3 is 0 Å². The van der Waals surface area contributed by atoms with Crippen molar-refractivity contribution in [1.82, 2.24) is 24.5 Å². The first-order chi connectivity index (χ1) is 17.3. The lowest BCUT2D eigenvalue weighted by molar-refractivity contribution is 0.109. The summed E-state index contributed by atoms with van der Waals surface area (Å²) in [5.41, 5.74) is 1.89. The Labute approximate surface area is 211 Å². The van der Waals surface area contributed by atoms with Gasteiger partial charge in [0, 0.05) is 36.9 Å². The van der Waals surface area contributed by atoms with E-state index in [9.17, 15) is 8.42 Å². The van der Waals surface area contributed by atoms with Crippen LogP contribution in [0.15, 0.2) is 12.1 Å². The van der Waals surface area contributed by atoms with Crippen LogP contribution in [0, 0.1) is 12.7 Å². The van der Waals surface area contributed by atoms with E-state index in [1.165, 1.54) is 0 Å². The predicted octanol–water partition coefficient (Wildman–Crippen LogP) is 3.37. The zero-order valence-electron chi connectivity index (χ0n) is 21.0. The Bertz CT molecular complexity index is 1230. The molecule has 36 heavy (non-hydrogen) atoms. The fourth-order valence-electron chi connectivity index (χ4n) is 5.63. The molecule has 3 atom stereocenters. The predicted molar refractivity (Wildman–Crippen MR) is 136 cm³/mol. The number of halogens is 1. The minimum Gasteiger partial charge on any atom is -0.377 e. The molecule has 2 bridgehead atoms. The van der Waals surface area contributed by atoms with Crippen molar-refractivity contribution in [2.75, 3.05) is 36.2 Å². The fraction of sp³-hybridized carbons (Fsp3) is 0.625. The van der Waals surface area contributed by atoms with Gasteiger partial charge in [0.25, 0.3) is 0 Å². The molecule has 5 rings (SSSR count). The third kappa shape index (κ3) is 4.85. The third-order valence-electron chi connectivity index (χ3n) is 7.49. The summed E-state index contributed by atoms with van der Waals surface area (Å²) < 4.78 is 48.4. The molecular weight excluding hydrogens is 485 g/mol. The Morgan fingerprint density at radius 2 is 2.03 bits per heavy atom. The number of hydrogen-bond acceptors (Lipinski definition) is 8. The van der Waals surface area contributed by atoms with Crippen LogP contribution in [0.4, 0.5) is 22.0 Å². The average Bonchev–Trinajstić information content (AvgIpc) is 3.28. The first-order valence-electron chi connectivity index (χ1n) is 12.6. The van der Waals surface area contributed by atoms with Gasteiger partial charge < -0.3 is 15.0 Å². The second-order valence-electron chi connectivity index (χ2n) is 9.86. The molecule has 0 saturated carbocycles. The standard InChI is InChI=1S/C24H34FN7O3S/c1-4-36(33,34)32-17-6-5-7-18(32)14-19(13-17)31(3)24-27-22(16-8-10-35-11-9-16)21(25)23(28-24)26-20-12-15(2)29-30-20/h8,12,17-19H,4-7,9-11,13-14H2,1-3H3,(H2,26,27,28,29,30)/t17-,18+,19-. The van der Waals surface area contributed by atoms with Crippen molar-refractivity contribution in [1.29, 1.82) is 0 Å². The summed E-state index contributed by atoms with van der Waals surface area (Å²) in [7, 11) is -1.35. The lowest BCUT2D eigenvalue weighted by atomic mass is 9.83. The Balaban J connectivity index is 1.48. The summed E-state index contributed by atoms with van der Waals surface area (Å²) in [6, 6.07) is 1.77. The maximum Gasteiger partial charge on any atom is 0.228 e. The second-order valence-corrected chi connectivity index (χ2v) is 12.0. The van der Waals surface area contributed by atoms with Gasteiger partial charge in [-0.1, -0.05) is 12.5 Å². The minimum atomic E-state index is -3.27. The SMILES string of the molecule is CCS(=O)(=O)N1[C@@H]2CCC[C@H]1C[C@H](N(C)c1nc(Nc3cc(C)[nH]n3)c(F)c(C3=CCOCC3)n1)C2. The van der Waals surface area contributed by atoms with Gasteiger partial charge in [0.05, 0.1) is 19.0 Å². The number of nitrogens with zero attached hydrogens (tertiary/aromatic N) is 5. The van der Waals surface area contributed by atoms with Crippen molar-refractivity contribution in [2.45, 2.75) is 70.5 Å². The van der Waals surface area contributed by atoms with E-state index in [2.05, 4.69) is 25.5 Å². The molecule has 0 aliphatic carbocycles. The van der Waals surface area contributed by atoms with Crippen molar-refractivity contribution in [2.24, 2.45) is 0 Å². The molecule has 2 N–H and O–H groups in total. The maximum absolute atomic E-state index is 15.6. The molecule has 3 aliphatic heterocycles. The highest BCUT2D eigenvalue weighted by molar-refractivity contribution is 7.89. The number of sulfonamides is 1. The summed E-state index contributed by atoms with van der Waals surface area (Å²) >= 11 is 0. The molecule has 0 unspecified atom stereocenters. The highest BCUT2D eigenvalue weighted by atomic mass is 32.2. The molecule has 196 valence electrons. The first kappa shape index (κ1) is 25.1. The summed E-state index contributed by atoms with van der Waals surface area (Å²) in [6.07, 6.45) is 6.56. The maximum atomic E-state index is 15.6. The van der Waals surface area contributed by atoms with Crippen LogP contribution >= 0.6 is 0 Å². The highest BCUT2D eigenvalue weighted by Gasteiger charge is 2.45. The number of aromatic amines is 1. The topological polar surface area (TPSA) is 116 Å². The van der Waals surface area contributed by atoms with Gasteiger partial charge in [-0.05, 0) is 51.5 Å². The molecule has 0 spiro atoms. The van der Waals surface area contributed by atoms with Gasteiger partial charge in [-0.15, -0.1) is 0 Å². The highest BCUT2D eigenvalue weighted by Crippen LogP contribution is 2.39. The van der Waals surface area contributed by atoms with E-state index in [0.29, 0.717) is 44.2 Å². The van der Waals surface area contributed by atoms with Gasteiger partial charge in [-0.3, -0.25) is 5.10 Å². The molecule has 0 aromatic carbocycles. The van der Waals surface area contributed by atoms with Crippen molar-refractivity contribution < 1.29 is 17.5 Å². The van der Waals surface area contributed by atoms with E-state index in [0.717, 1.165) is 30.5 Å². The Morgan fingerprint density at radius 1 is 1.28 bits per heavy atom. The molecule has 12 heteroatoms. The summed E-state index contributed by atoms with van der Waals surface area (Å²) in [4.78, 5) is 11.2. The van der Waals surface area contributed by atoms with Gasteiger partial charge in [0.1, 0.15) is 5.69 Å². The normalized spacial score (nSPS) is 24.9. The fourth-order valence-corrected chi connectivity index (χ4v) is 7.22. The van der Waals surface area contributed by atoms with E-state index in [4.69, 9.17) is 4.74 Å². The number of fused-ring (bicyclic) bond motifs is 2. The number of rotatable bonds is 7. The van der Waals surface area contributed by atoms with Crippen molar-refractivity contribution in [3.05, 3.63) is 29.3 Å². The van der Waals surface area contributed by atoms with Crippen molar-refractivity contribution in [3.8, 4) is 0 Å². The number of aryl methyl sites for hydroxylation is 1. The zero-order chi connectivity index (χ0) is 25.4. The van der Waals surface area contributed by atoms with Crippen LogP contribution in [-0.2, 0) is 14.8 Å². The Kier molecular flexibility index (Phi) is 7.01. The summed E-state index contributed by atoms with van der Waals surface area (Å²) in [5.74, 6) is 0.529. The van der Waals surface area contributed by atoms with E-state index in [1.807, 2.05) is 24.9 Å². The first-order valence-corrected chi connectivity index (χ1v) is 14.3. The van der Waals surface area contributed by atoms with E-state index in [1.54, 1.807) is 17.3 Å². The van der Waals surface area contributed by atoms with Crippen molar-refractivity contribution >= 4 is 33.2 Å². The number of ether oxygens (including phenoxy) is 1.